The van der Waals surface area contributed by atoms with Crippen LogP contribution in [0.1, 0.15) is 5.69 Å². The minimum Gasteiger partial charge on any atom is -0.365 e. The highest BCUT2D eigenvalue weighted by Gasteiger charge is 2.26. The van der Waals surface area contributed by atoms with E-state index in [2.05, 4.69) is 4.98 Å². The van der Waals surface area contributed by atoms with Gasteiger partial charge in [-0.1, -0.05) is 11.6 Å². The second-order valence-electron chi connectivity index (χ2n) is 3.29. The highest BCUT2D eigenvalue weighted by atomic mass is 35.5. The third kappa shape index (κ3) is 1.75. The molecule has 4 heteroatoms. The van der Waals surface area contributed by atoms with Gasteiger partial charge in [-0.3, -0.25) is 0 Å². The molecular formula is C9H10ClFN2. The molecule has 1 aromatic heterocycles. The lowest BCUT2D eigenvalue weighted by Crippen LogP contribution is -2.48. The lowest BCUT2D eigenvalue weighted by Gasteiger charge is -2.36. The highest BCUT2D eigenvalue weighted by molar-refractivity contribution is 6.29. The average molecular weight is 201 g/mol. The van der Waals surface area contributed by atoms with Gasteiger partial charge in [0.05, 0.1) is 13.1 Å². The SMILES string of the molecule is Cc1cc(N2CC(F)C2)cc(Cl)n1. The van der Waals surface area contributed by atoms with Crippen molar-refractivity contribution in [2.75, 3.05) is 18.0 Å². The Morgan fingerprint density at radius 2 is 2.23 bits per heavy atom. The number of aryl methyl sites for hydroxylation is 1. The maximum absolute atomic E-state index is 12.6. The Morgan fingerprint density at radius 1 is 1.54 bits per heavy atom. The number of halogens is 2. The van der Waals surface area contributed by atoms with Gasteiger partial charge in [0.15, 0.2) is 0 Å². The minimum atomic E-state index is -0.688. The van der Waals surface area contributed by atoms with Gasteiger partial charge < -0.3 is 4.90 Å². The summed E-state index contributed by atoms with van der Waals surface area (Å²) in [7, 11) is 0. The van der Waals surface area contributed by atoms with Crippen LogP contribution in [0.2, 0.25) is 5.15 Å². The molecule has 1 aliphatic heterocycles. The van der Waals surface area contributed by atoms with Gasteiger partial charge in [0.1, 0.15) is 11.3 Å². The molecule has 1 fully saturated rings. The van der Waals surface area contributed by atoms with E-state index in [-0.39, 0.29) is 0 Å². The van der Waals surface area contributed by atoms with Gasteiger partial charge in [-0.2, -0.15) is 0 Å². The summed E-state index contributed by atoms with van der Waals surface area (Å²) in [4.78, 5) is 5.99. The van der Waals surface area contributed by atoms with Gasteiger partial charge in [-0.15, -0.1) is 0 Å². The molecule has 70 valence electrons. The largest absolute Gasteiger partial charge is 0.365 e. The lowest BCUT2D eigenvalue weighted by molar-refractivity contribution is 0.275. The molecule has 1 aliphatic rings. The van der Waals surface area contributed by atoms with Crippen molar-refractivity contribution in [2.45, 2.75) is 13.1 Å². The number of nitrogens with zero attached hydrogens (tertiary/aromatic N) is 2. The molecule has 13 heavy (non-hydrogen) atoms. The van der Waals surface area contributed by atoms with E-state index in [1.54, 1.807) is 6.07 Å². The van der Waals surface area contributed by atoms with E-state index in [0.717, 1.165) is 11.4 Å². The van der Waals surface area contributed by atoms with Crippen molar-refractivity contribution in [3.8, 4) is 0 Å². The standard InChI is InChI=1S/C9H10ClFN2/c1-6-2-8(3-9(10)12-6)13-4-7(11)5-13/h2-3,7H,4-5H2,1H3. The summed E-state index contributed by atoms with van der Waals surface area (Å²) >= 11 is 5.78. The van der Waals surface area contributed by atoms with E-state index in [9.17, 15) is 4.39 Å². The topological polar surface area (TPSA) is 16.1 Å². The molecule has 1 saturated heterocycles. The zero-order valence-electron chi connectivity index (χ0n) is 7.30. The monoisotopic (exact) mass is 200 g/mol. The van der Waals surface area contributed by atoms with Crippen LogP contribution in [-0.4, -0.2) is 24.2 Å². The van der Waals surface area contributed by atoms with Crippen LogP contribution in [0.25, 0.3) is 0 Å². The predicted molar refractivity (Wildman–Crippen MR) is 51.1 cm³/mol. The van der Waals surface area contributed by atoms with Crippen molar-refractivity contribution in [3.05, 3.63) is 23.0 Å². The number of hydrogen-bond acceptors (Lipinski definition) is 2. The van der Waals surface area contributed by atoms with E-state index >= 15 is 0 Å². The minimum absolute atomic E-state index is 0.470. The molecule has 0 radical (unpaired) electrons. The number of alkyl halides is 1. The normalized spacial score (nSPS) is 17.3. The van der Waals surface area contributed by atoms with Crippen LogP contribution in [0.15, 0.2) is 12.1 Å². The Morgan fingerprint density at radius 3 is 2.77 bits per heavy atom. The molecule has 2 heterocycles. The van der Waals surface area contributed by atoms with Crippen molar-refractivity contribution in [1.82, 2.24) is 4.98 Å². The average Bonchev–Trinajstić information content (AvgIpc) is 1.96. The van der Waals surface area contributed by atoms with Crippen molar-refractivity contribution in [2.24, 2.45) is 0 Å². The summed E-state index contributed by atoms with van der Waals surface area (Å²) in [5.41, 5.74) is 1.83. The second kappa shape index (κ2) is 3.14. The summed E-state index contributed by atoms with van der Waals surface area (Å²) < 4.78 is 12.6. The van der Waals surface area contributed by atoms with Crippen LogP contribution >= 0.6 is 11.6 Å². The molecule has 2 nitrogen and oxygen atoms in total. The van der Waals surface area contributed by atoms with Crippen LogP contribution in [-0.2, 0) is 0 Å². The van der Waals surface area contributed by atoms with Crippen LogP contribution in [0.5, 0.6) is 0 Å². The Kier molecular flexibility index (Phi) is 2.12. The Labute approximate surface area is 81.3 Å². The van der Waals surface area contributed by atoms with E-state index in [4.69, 9.17) is 11.6 Å². The molecule has 0 amide bonds. The molecule has 0 saturated carbocycles. The maximum atomic E-state index is 12.6. The molecular weight excluding hydrogens is 191 g/mol. The molecule has 0 atom stereocenters. The zero-order chi connectivity index (χ0) is 9.42. The maximum Gasteiger partial charge on any atom is 0.135 e. The predicted octanol–water partition coefficient (Wildman–Crippen LogP) is 2.20. The molecule has 0 aliphatic carbocycles. The van der Waals surface area contributed by atoms with Gasteiger partial charge >= 0.3 is 0 Å². The second-order valence-corrected chi connectivity index (χ2v) is 3.68. The highest BCUT2D eigenvalue weighted by Crippen LogP contribution is 2.25. The summed E-state index contributed by atoms with van der Waals surface area (Å²) in [5, 5.41) is 0.470. The fourth-order valence-electron chi connectivity index (χ4n) is 1.43. The molecule has 0 spiro atoms. The number of pyridine rings is 1. The van der Waals surface area contributed by atoms with Crippen LogP contribution in [0, 0.1) is 6.92 Å². The summed E-state index contributed by atoms with van der Waals surface area (Å²) in [6.45, 7) is 2.82. The molecule has 0 bridgehead atoms. The molecule has 0 aromatic carbocycles. The zero-order valence-corrected chi connectivity index (χ0v) is 8.05. The van der Waals surface area contributed by atoms with Crippen molar-refractivity contribution in [3.63, 3.8) is 0 Å². The fraction of sp³-hybridized carbons (Fsp3) is 0.444. The van der Waals surface area contributed by atoms with E-state index in [0.29, 0.717) is 18.2 Å². The molecule has 2 rings (SSSR count). The lowest BCUT2D eigenvalue weighted by atomic mass is 10.1. The Bertz CT molecular complexity index is 303. The summed E-state index contributed by atoms with van der Waals surface area (Å²) in [6, 6.07) is 3.68. The third-order valence-corrected chi connectivity index (χ3v) is 2.30. The first kappa shape index (κ1) is 8.75. The number of rotatable bonds is 1. The van der Waals surface area contributed by atoms with Gasteiger partial charge in [-0.05, 0) is 19.1 Å². The first-order valence-electron chi connectivity index (χ1n) is 4.18. The Hall–Kier alpha value is -0.830. The van der Waals surface area contributed by atoms with Crippen LogP contribution in [0.3, 0.4) is 0 Å². The molecule has 0 unspecified atom stereocenters. The fourth-order valence-corrected chi connectivity index (χ4v) is 1.67. The summed E-state index contributed by atoms with van der Waals surface area (Å²) in [6.07, 6.45) is -0.688. The van der Waals surface area contributed by atoms with Crippen molar-refractivity contribution >= 4 is 17.3 Å². The van der Waals surface area contributed by atoms with E-state index in [1.807, 2.05) is 17.9 Å². The van der Waals surface area contributed by atoms with Crippen LogP contribution < -0.4 is 4.90 Å². The van der Waals surface area contributed by atoms with Gasteiger partial charge in [0.25, 0.3) is 0 Å². The van der Waals surface area contributed by atoms with Crippen molar-refractivity contribution in [1.29, 1.82) is 0 Å². The first-order valence-corrected chi connectivity index (χ1v) is 4.56. The molecule has 0 N–H and O–H groups in total. The summed E-state index contributed by atoms with van der Waals surface area (Å²) in [5.74, 6) is 0. The van der Waals surface area contributed by atoms with E-state index in [1.165, 1.54) is 0 Å². The number of anilines is 1. The Balaban J connectivity index is 2.21. The van der Waals surface area contributed by atoms with Crippen LogP contribution in [0.4, 0.5) is 10.1 Å². The number of aromatic nitrogens is 1. The van der Waals surface area contributed by atoms with Crippen molar-refractivity contribution < 1.29 is 4.39 Å². The third-order valence-electron chi connectivity index (χ3n) is 2.11. The first-order chi connectivity index (χ1) is 6.15. The van der Waals surface area contributed by atoms with E-state index < -0.39 is 6.17 Å². The quantitative estimate of drug-likeness (QED) is 0.647. The van der Waals surface area contributed by atoms with Gasteiger partial charge in [-0.25, -0.2) is 9.37 Å². The molecule has 1 aromatic rings. The smallest absolute Gasteiger partial charge is 0.135 e. The number of hydrogen-bond donors (Lipinski definition) is 0. The van der Waals surface area contributed by atoms with Gasteiger partial charge in [0.2, 0.25) is 0 Å². The van der Waals surface area contributed by atoms with Gasteiger partial charge in [0, 0.05) is 11.4 Å².